The number of nitrogens with one attached hydrogen (secondary N) is 2. The molecule has 1 amide bonds. The molecule has 25 heavy (non-hydrogen) atoms. The van der Waals surface area contributed by atoms with Crippen molar-refractivity contribution < 1.29 is 14.3 Å². The van der Waals surface area contributed by atoms with E-state index < -0.39 is 0 Å². The molecular weight excluding hydrogens is 336 g/mol. The summed E-state index contributed by atoms with van der Waals surface area (Å²) in [5.41, 5.74) is 2.54. The smallest absolute Gasteiger partial charge is 0.257 e. The van der Waals surface area contributed by atoms with Gasteiger partial charge in [-0.25, -0.2) is 0 Å². The lowest BCUT2D eigenvalue weighted by Gasteiger charge is -2.17. The fourth-order valence-electron chi connectivity index (χ4n) is 2.63. The van der Waals surface area contributed by atoms with Crippen molar-refractivity contribution in [2.24, 2.45) is 0 Å². The van der Waals surface area contributed by atoms with E-state index in [2.05, 4.69) is 30.5 Å². The van der Waals surface area contributed by atoms with Crippen LogP contribution in [0.15, 0.2) is 42.5 Å². The molecule has 0 spiro atoms. The Kier molecular flexibility index (Phi) is 5.19. The Morgan fingerprint density at radius 1 is 1.20 bits per heavy atom. The number of fused-ring (bicyclic) bond motifs is 1. The Bertz CT molecular complexity index is 807. The lowest BCUT2D eigenvalue weighted by Crippen LogP contribution is -2.34. The van der Waals surface area contributed by atoms with E-state index in [0.717, 1.165) is 12.1 Å². The fourth-order valence-corrected chi connectivity index (χ4v) is 2.83. The predicted molar refractivity (Wildman–Crippen MR) is 101 cm³/mol. The second kappa shape index (κ2) is 7.53. The molecular formula is C19H20N2O3S. The summed E-state index contributed by atoms with van der Waals surface area (Å²) in [5, 5.41) is 6.09. The average Bonchev–Trinajstić information content (AvgIpc) is 3.09. The molecule has 2 aromatic carbocycles. The molecule has 1 atom stereocenters. The lowest BCUT2D eigenvalue weighted by molar-refractivity contribution is 0.0977. The number of amides is 1. The molecule has 0 saturated heterocycles. The zero-order valence-corrected chi connectivity index (χ0v) is 15.0. The Morgan fingerprint density at radius 3 is 2.76 bits per heavy atom. The fraction of sp³-hybridized carbons (Fsp3) is 0.263. The summed E-state index contributed by atoms with van der Waals surface area (Å²) in [5.74, 6) is 1.31. The van der Waals surface area contributed by atoms with Crippen LogP contribution < -0.4 is 20.1 Å². The quantitative estimate of drug-likeness (QED) is 0.809. The predicted octanol–water partition coefficient (Wildman–Crippen LogP) is 4.06. The number of para-hydroxylation sites is 1. The summed E-state index contributed by atoms with van der Waals surface area (Å²) in [7, 11) is 0. The Balaban J connectivity index is 1.68. The Hall–Kier alpha value is -2.60. The zero-order chi connectivity index (χ0) is 17.8. The highest BCUT2D eigenvalue weighted by atomic mass is 32.1. The van der Waals surface area contributed by atoms with Crippen molar-refractivity contribution in [3.05, 3.63) is 53.6 Å². The summed E-state index contributed by atoms with van der Waals surface area (Å²) >= 11 is 5.30. The summed E-state index contributed by atoms with van der Waals surface area (Å²) in [4.78, 5) is 12.4. The standard InChI is InChI=1S/C19H20N2O3S/c1-3-12(2)14-6-4-5-7-15(14)20-19(25)21-18(22)13-8-9-16-17(10-13)24-11-23-16/h4-10,12H,3,11H2,1-2H3,(H2,20,21,22,25). The van der Waals surface area contributed by atoms with Crippen LogP contribution in [0.25, 0.3) is 0 Å². The van der Waals surface area contributed by atoms with Crippen molar-refractivity contribution in [1.82, 2.24) is 5.32 Å². The Morgan fingerprint density at radius 2 is 1.96 bits per heavy atom. The molecule has 1 unspecified atom stereocenters. The molecule has 6 heteroatoms. The number of thiocarbonyl (C=S) groups is 1. The van der Waals surface area contributed by atoms with Crippen molar-refractivity contribution in [1.29, 1.82) is 0 Å². The maximum Gasteiger partial charge on any atom is 0.257 e. The Labute approximate surface area is 152 Å². The van der Waals surface area contributed by atoms with E-state index >= 15 is 0 Å². The van der Waals surface area contributed by atoms with Gasteiger partial charge >= 0.3 is 0 Å². The number of hydrogen-bond donors (Lipinski definition) is 2. The van der Waals surface area contributed by atoms with Crippen LogP contribution in [0, 0.1) is 0 Å². The van der Waals surface area contributed by atoms with Gasteiger partial charge in [0.15, 0.2) is 16.6 Å². The van der Waals surface area contributed by atoms with E-state index in [0.29, 0.717) is 23.0 Å². The van der Waals surface area contributed by atoms with Crippen LogP contribution in [0.5, 0.6) is 11.5 Å². The van der Waals surface area contributed by atoms with Crippen molar-refractivity contribution in [2.45, 2.75) is 26.2 Å². The number of ether oxygens (including phenoxy) is 2. The van der Waals surface area contributed by atoms with Crippen LogP contribution in [0.3, 0.4) is 0 Å². The van der Waals surface area contributed by atoms with Crippen molar-refractivity contribution >= 4 is 28.9 Å². The number of carbonyl (C=O) groups excluding carboxylic acids is 1. The summed E-state index contributed by atoms with van der Waals surface area (Å²) < 4.78 is 10.5. The summed E-state index contributed by atoms with van der Waals surface area (Å²) in [6, 6.07) is 13.0. The zero-order valence-electron chi connectivity index (χ0n) is 14.2. The molecule has 0 saturated carbocycles. The third kappa shape index (κ3) is 3.91. The van der Waals surface area contributed by atoms with Crippen LogP contribution in [0.4, 0.5) is 5.69 Å². The molecule has 0 aromatic heterocycles. The first-order valence-corrected chi connectivity index (χ1v) is 8.60. The monoisotopic (exact) mass is 356 g/mol. The van der Waals surface area contributed by atoms with Crippen LogP contribution in [-0.2, 0) is 0 Å². The van der Waals surface area contributed by atoms with Gasteiger partial charge in [0.25, 0.3) is 5.91 Å². The second-order valence-corrected chi connectivity index (χ2v) is 6.28. The lowest BCUT2D eigenvalue weighted by atomic mass is 9.97. The van der Waals surface area contributed by atoms with Crippen molar-refractivity contribution in [3.63, 3.8) is 0 Å². The number of benzene rings is 2. The molecule has 0 aliphatic carbocycles. The first-order chi connectivity index (χ1) is 12.1. The van der Waals surface area contributed by atoms with Gasteiger partial charge in [-0.1, -0.05) is 32.0 Å². The van der Waals surface area contributed by atoms with Crippen molar-refractivity contribution in [3.8, 4) is 11.5 Å². The van der Waals surface area contributed by atoms with Gasteiger partial charge in [0.1, 0.15) is 0 Å². The topological polar surface area (TPSA) is 59.6 Å². The van der Waals surface area contributed by atoms with Crippen molar-refractivity contribution in [2.75, 3.05) is 12.1 Å². The molecule has 0 bridgehead atoms. The summed E-state index contributed by atoms with van der Waals surface area (Å²) in [6.45, 7) is 4.47. The molecule has 0 radical (unpaired) electrons. The van der Waals surface area contributed by atoms with Crippen LogP contribution in [0.1, 0.15) is 42.1 Å². The van der Waals surface area contributed by atoms with Gasteiger partial charge in [-0.05, 0) is 54.4 Å². The van der Waals surface area contributed by atoms with Gasteiger partial charge in [0.2, 0.25) is 6.79 Å². The molecule has 2 N–H and O–H groups in total. The third-order valence-electron chi connectivity index (χ3n) is 4.21. The van der Waals surface area contributed by atoms with E-state index in [-0.39, 0.29) is 17.8 Å². The average molecular weight is 356 g/mol. The molecule has 1 aliphatic rings. The van der Waals surface area contributed by atoms with Gasteiger partial charge < -0.3 is 14.8 Å². The van der Waals surface area contributed by atoms with E-state index in [4.69, 9.17) is 21.7 Å². The molecule has 5 nitrogen and oxygen atoms in total. The minimum Gasteiger partial charge on any atom is -0.454 e. The highest BCUT2D eigenvalue weighted by Crippen LogP contribution is 2.32. The molecule has 3 rings (SSSR count). The minimum atomic E-state index is -0.295. The van der Waals surface area contributed by atoms with E-state index in [1.807, 2.05) is 18.2 Å². The maximum atomic E-state index is 12.4. The van der Waals surface area contributed by atoms with Crippen LogP contribution in [0.2, 0.25) is 0 Å². The highest BCUT2D eigenvalue weighted by Gasteiger charge is 2.17. The van der Waals surface area contributed by atoms with Gasteiger partial charge in [0.05, 0.1) is 0 Å². The first kappa shape index (κ1) is 17.2. The largest absolute Gasteiger partial charge is 0.454 e. The molecule has 1 aliphatic heterocycles. The third-order valence-corrected chi connectivity index (χ3v) is 4.42. The normalized spacial score (nSPS) is 13.2. The van der Waals surface area contributed by atoms with Gasteiger partial charge in [-0.15, -0.1) is 0 Å². The van der Waals surface area contributed by atoms with Gasteiger partial charge in [0, 0.05) is 11.3 Å². The van der Waals surface area contributed by atoms with E-state index in [1.165, 1.54) is 5.56 Å². The SMILES string of the molecule is CCC(C)c1ccccc1NC(=S)NC(=O)c1ccc2c(c1)OCO2. The second-order valence-electron chi connectivity index (χ2n) is 5.87. The first-order valence-electron chi connectivity index (χ1n) is 8.19. The molecule has 0 fully saturated rings. The van der Waals surface area contributed by atoms with Crippen LogP contribution >= 0.6 is 12.2 Å². The highest BCUT2D eigenvalue weighted by molar-refractivity contribution is 7.80. The molecule has 130 valence electrons. The summed E-state index contributed by atoms with van der Waals surface area (Å²) in [6.07, 6.45) is 1.02. The molecule has 2 aromatic rings. The van der Waals surface area contributed by atoms with Gasteiger partial charge in [-0.3, -0.25) is 10.1 Å². The minimum absolute atomic E-state index is 0.173. The van der Waals surface area contributed by atoms with E-state index in [9.17, 15) is 4.79 Å². The van der Waals surface area contributed by atoms with Gasteiger partial charge in [-0.2, -0.15) is 0 Å². The number of anilines is 1. The number of hydrogen-bond acceptors (Lipinski definition) is 4. The number of carbonyl (C=O) groups is 1. The molecule has 1 heterocycles. The van der Waals surface area contributed by atoms with Crippen LogP contribution in [-0.4, -0.2) is 17.8 Å². The van der Waals surface area contributed by atoms with E-state index in [1.54, 1.807) is 18.2 Å². The number of rotatable bonds is 4. The maximum absolute atomic E-state index is 12.4.